The van der Waals surface area contributed by atoms with Crippen LogP contribution in [-0.2, 0) is 11.2 Å². The molecule has 0 bridgehead atoms. The van der Waals surface area contributed by atoms with Crippen molar-refractivity contribution in [2.75, 3.05) is 0 Å². The van der Waals surface area contributed by atoms with Gasteiger partial charge in [0, 0.05) is 17.8 Å². The van der Waals surface area contributed by atoms with Crippen molar-refractivity contribution in [1.29, 1.82) is 0 Å². The number of imidazole rings is 1. The van der Waals surface area contributed by atoms with E-state index in [0.29, 0.717) is 12.3 Å². The van der Waals surface area contributed by atoms with Gasteiger partial charge in [-0.05, 0) is 36.8 Å². The van der Waals surface area contributed by atoms with Gasteiger partial charge in [0.25, 0.3) is 0 Å². The van der Waals surface area contributed by atoms with Gasteiger partial charge in [-0.3, -0.25) is 9.20 Å². The minimum Gasteiger partial charge on any atom is -0.349 e. The highest BCUT2D eigenvalue weighted by Gasteiger charge is 2.34. The summed E-state index contributed by atoms with van der Waals surface area (Å²) >= 11 is 1.58. The average molecular weight is 325 g/mol. The summed E-state index contributed by atoms with van der Waals surface area (Å²) in [6, 6.07) is 8.47. The Morgan fingerprint density at radius 1 is 1.43 bits per heavy atom. The number of rotatable bonds is 5. The van der Waals surface area contributed by atoms with E-state index in [0.717, 1.165) is 10.7 Å². The van der Waals surface area contributed by atoms with E-state index in [1.54, 1.807) is 11.3 Å². The number of hydrogen-bond acceptors (Lipinski definition) is 3. The second-order valence-electron chi connectivity index (χ2n) is 6.24. The second kappa shape index (κ2) is 5.81. The van der Waals surface area contributed by atoms with Crippen molar-refractivity contribution in [3.8, 4) is 0 Å². The Kier molecular flexibility index (Phi) is 3.65. The first-order valence-electron chi connectivity index (χ1n) is 7.96. The number of carbonyl (C=O) groups excluding carboxylic acids is 1. The molecule has 3 aromatic rings. The number of fused-ring (bicyclic) bond motifs is 1. The molecule has 0 spiro atoms. The van der Waals surface area contributed by atoms with Crippen LogP contribution in [0.25, 0.3) is 4.96 Å². The van der Waals surface area contributed by atoms with Crippen molar-refractivity contribution in [3.05, 3.63) is 58.9 Å². The molecule has 1 atom stereocenters. The first-order valence-corrected chi connectivity index (χ1v) is 8.84. The van der Waals surface area contributed by atoms with E-state index in [1.807, 2.05) is 34.3 Å². The molecule has 5 heteroatoms. The topological polar surface area (TPSA) is 46.4 Å². The lowest BCUT2D eigenvalue weighted by atomic mass is 9.97. The molecule has 1 aliphatic carbocycles. The fourth-order valence-electron chi connectivity index (χ4n) is 3.07. The second-order valence-corrected chi connectivity index (χ2v) is 7.11. The van der Waals surface area contributed by atoms with Crippen LogP contribution in [0.4, 0.5) is 0 Å². The quantitative estimate of drug-likeness (QED) is 0.780. The van der Waals surface area contributed by atoms with Crippen molar-refractivity contribution in [2.24, 2.45) is 5.92 Å². The minimum absolute atomic E-state index is 0.0518. The number of nitrogens with one attached hydrogen (secondary N) is 1. The smallest absolute Gasteiger partial charge is 0.226 e. The molecule has 23 heavy (non-hydrogen) atoms. The molecule has 0 radical (unpaired) electrons. The Labute approximate surface area is 139 Å². The fourth-order valence-corrected chi connectivity index (χ4v) is 3.78. The van der Waals surface area contributed by atoms with Crippen LogP contribution in [0.3, 0.4) is 0 Å². The molecule has 0 saturated heterocycles. The van der Waals surface area contributed by atoms with Gasteiger partial charge < -0.3 is 5.32 Å². The molecule has 1 saturated carbocycles. The summed E-state index contributed by atoms with van der Waals surface area (Å²) in [5.41, 5.74) is 3.31. The van der Waals surface area contributed by atoms with Gasteiger partial charge in [0.15, 0.2) is 4.96 Å². The molecule has 1 amide bonds. The Morgan fingerprint density at radius 3 is 3.00 bits per heavy atom. The monoisotopic (exact) mass is 325 g/mol. The van der Waals surface area contributed by atoms with Crippen molar-refractivity contribution in [3.63, 3.8) is 0 Å². The van der Waals surface area contributed by atoms with Crippen molar-refractivity contribution >= 4 is 22.2 Å². The van der Waals surface area contributed by atoms with Gasteiger partial charge in [0.1, 0.15) is 0 Å². The standard InChI is InChI=1S/C18H19N3OS/c1-12-4-2-3-5-15(12)17(13-6-7-13)20-16(22)10-14-11-21-8-9-23-18(21)19-14/h2-5,8-9,11,13,17H,6-7,10H2,1H3,(H,20,22)/t17-/m1/s1. The van der Waals surface area contributed by atoms with E-state index < -0.39 is 0 Å². The summed E-state index contributed by atoms with van der Waals surface area (Å²) in [4.78, 5) is 17.9. The van der Waals surface area contributed by atoms with Crippen LogP contribution in [0.15, 0.2) is 42.0 Å². The lowest BCUT2D eigenvalue weighted by Crippen LogP contribution is -2.31. The molecule has 1 N–H and O–H groups in total. The number of carbonyl (C=O) groups is 1. The molecular weight excluding hydrogens is 306 g/mol. The maximum atomic E-state index is 12.5. The van der Waals surface area contributed by atoms with Crippen LogP contribution >= 0.6 is 11.3 Å². The molecule has 1 aliphatic rings. The number of amides is 1. The highest BCUT2D eigenvalue weighted by Crippen LogP contribution is 2.41. The van der Waals surface area contributed by atoms with E-state index in [2.05, 4.69) is 29.4 Å². The van der Waals surface area contributed by atoms with Crippen molar-refractivity contribution in [1.82, 2.24) is 14.7 Å². The predicted octanol–water partition coefficient (Wildman–Crippen LogP) is 3.51. The molecule has 0 aliphatic heterocycles. The number of hydrogen-bond donors (Lipinski definition) is 1. The highest BCUT2D eigenvalue weighted by molar-refractivity contribution is 7.15. The van der Waals surface area contributed by atoms with Crippen molar-refractivity contribution in [2.45, 2.75) is 32.2 Å². The minimum atomic E-state index is 0.0518. The zero-order valence-corrected chi connectivity index (χ0v) is 13.8. The molecule has 4 rings (SSSR count). The zero-order chi connectivity index (χ0) is 15.8. The van der Waals surface area contributed by atoms with Gasteiger partial charge >= 0.3 is 0 Å². The van der Waals surface area contributed by atoms with Crippen LogP contribution in [0.2, 0.25) is 0 Å². The number of aromatic nitrogens is 2. The first-order chi connectivity index (χ1) is 11.2. The summed E-state index contributed by atoms with van der Waals surface area (Å²) in [5, 5.41) is 5.23. The number of nitrogens with zero attached hydrogens (tertiary/aromatic N) is 2. The molecule has 2 aromatic heterocycles. The van der Waals surface area contributed by atoms with E-state index in [1.165, 1.54) is 24.0 Å². The largest absolute Gasteiger partial charge is 0.349 e. The normalized spacial score (nSPS) is 15.7. The number of benzene rings is 1. The first kappa shape index (κ1) is 14.5. The maximum absolute atomic E-state index is 12.5. The Hall–Kier alpha value is -2.14. The van der Waals surface area contributed by atoms with Crippen LogP contribution < -0.4 is 5.32 Å². The third kappa shape index (κ3) is 3.01. The summed E-state index contributed by atoms with van der Waals surface area (Å²) in [6.07, 6.45) is 6.63. The predicted molar refractivity (Wildman–Crippen MR) is 91.6 cm³/mol. The summed E-state index contributed by atoms with van der Waals surface area (Å²) < 4.78 is 1.97. The molecule has 1 aromatic carbocycles. The SMILES string of the molecule is Cc1ccccc1[C@H](NC(=O)Cc1cn2ccsc2n1)C1CC1. The van der Waals surface area contributed by atoms with Gasteiger partial charge in [-0.1, -0.05) is 24.3 Å². The summed E-state index contributed by atoms with van der Waals surface area (Å²) in [7, 11) is 0. The molecule has 118 valence electrons. The van der Waals surface area contributed by atoms with E-state index in [9.17, 15) is 4.79 Å². The summed E-state index contributed by atoms with van der Waals surface area (Å²) in [6.45, 7) is 2.11. The summed E-state index contributed by atoms with van der Waals surface area (Å²) in [5.74, 6) is 0.626. The molecule has 1 fully saturated rings. The molecule has 0 unspecified atom stereocenters. The highest BCUT2D eigenvalue weighted by atomic mass is 32.1. The van der Waals surface area contributed by atoms with Gasteiger partial charge in [-0.15, -0.1) is 11.3 Å². The van der Waals surface area contributed by atoms with E-state index in [4.69, 9.17) is 0 Å². The van der Waals surface area contributed by atoms with Crippen LogP contribution in [0.1, 0.15) is 35.7 Å². The fraction of sp³-hybridized carbons (Fsp3) is 0.333. The lowest BCUT2D eigenvalue weighted by molar-refractivity contribution is -0.121. The Morgan fingerprint density at radius 2 is 2.26 bits per heavy atom. The number of aryl methyl sites for hydroxylation is 1. The van der Waals surface area contributed by atoms with Crippen molar-refractivity contribution < 1.29 is 4.79 Å². The van der Waals surface area contributed by atoms with Crippen LogP contribution in [0, 0.1) is 12.8 Å². The zero-order valence-electron chi connectivity index (χ0n) is 13.0. The van der Waals surface area contributed by atoms with Gasteiger partial charge in [0.05, 0.1) is 18.2 Å². The molecule has 4 nitrogen and oxygen atoms in total. The van der Waals surface area contributed by atoms with Crippen LogP contribution in [-0.4, -0.2) is 15.3 Å². The Bertz CT molecular complexity index is 818. The van der Waals surface area contributed by atoms with Crippen LogP contribution in [0.5, 0.6) is 0 Å². The number of thiazole rings is 1. The Balaban J connectivity index is 1.49. The van der Waals surface area contributed by atoms with E-state index in [-0.39, 0.29) is 11.9 Å². The van der Waals surface area contributed by atoms with Gasteiger partial charge in [0.2, 0.25) is 5.91 Å². The van der Waals surface area contributed by atoms with Gasteiger partial charge in [-0.2, -0.15) is 0 Å². The molecule has 2 heterocycles. The lowest BCUT2D eigenvalue weighted by Gasteiger charge is -2.20. The molecular formula is C18H19N3OS. The third-order valence-corrected chi connectivity index (χ3v) is 5.19. The third-order valence-electron chi connectivity index (χ3n) is 4.42. The van der Waals surface area contributed by atoms with Gasteiger partial charge in [-0.25, -0.2) is 4.98 Å². The maximum Gasteiger partial charge on any atom is 0.226 e. The van der Waals surface area contributed by atoms with E-state index >= 15 is 0 Å². The average Bonchev–Trinajstić information content (AvgIpc) is 3.16.